The smallest absolute Gasteiger partial charge is 0.307 e. The summed E-state index contributed by atoms with van der Waals surface area (Å²) in [5.74, 6) is -1.05. The van der Waals surface area contributed by atoms with Crippen molar-refractivity contribution in [3.63, 3.8) is 0 Å². The third-order valence-corrected chi connectivity index (χ3v) is 3.66. The number of hydrogen-bond donors (Lipinski definition) is 2. The minimum atomic E-state index is -0.885. The van der Waals surface area contributed by atoms with Crippen molar-refractivity contribution in [1.29, 1.82) is 0 Å². The summed E-state index contributed by atoms with van der Waals surface area (Å²) >= 11 is 0. The number of carbonyl (C=O) groups excluding carboxylic acids is 1. The van der Waals surface area contributed by atoms with E-state index in [9.17, 15) is 9.59 Å². The van der Waals surface area contributed by atoms with Gasteiger partial charge in [-0.2, -0.15) is 0 Å². The summed E-state index contributed by atoms with van der Waals surface area (Å²) in [7, 11) is 0. The lowest BCUT2D eigenvalue weighted by atomic mass is 10.1. The summed E-state index contributed by atoms with van der Waals surface area (Å²) in [5.41, 5.74) is 1.15. The van der Waals surface area contributed by atoms with Crippen LogP contribution in [0.3, 0.4) is 0 Å². The Hall–Kier alpha value is -2.04. The maximum absolute atomic E-state index is 11.7. The highest BCUT2D eigenvalue weighted by molar-refractivity contribution is 5.89. The Morgan fingerprint density at radius 2 is 2.11 bits per heavy atom. The second-order valence-electron chi connectivity index (χ2n) is 5.08. The molecule has 0 aromatic heterocycles. The molecule has 5 heteroatoms. The quantitative estimate of drug-likeness (QED) is 0.841. The van der Waals surface area contributed by atoms with Crippen molar-refractivity contribution in [1.82, 2.24) is 5.32 Å². The highest BCUT2D eigenvalue weighted by Crippen LogP contribution is 2.38. The summed E-state index contributed by atoms with van der Waals surface area (Å²) in [6.45, 7) is 0.427. The van der Waals surface area contributed by atoms with E-state index < -0.39 is 11.9 Å². The number of carboxylic acids is 1. The molecule has 1 aliphatic heterocycles. The number of carboxylic acid groups (broad SMARTS) is 1. The number of benzene rings is 1. The predicted molar refractivity (Wildman–Crippen MR) is 66.8 cm³/mol. The van der Waals surface area contributed by atoms with E-state index in [4.69, 9.17) is 9.84 Å². The van der Waals surface area contributed by atoms with Gasteiger partial charge in [-0.1, -0.05) is 18.2 Å². The van der Waals surface area contributed by atoms with Crippen LogP contribution in [0.15, 0.2) is 24.3 Å². The van der Waals surface area contributed by atoms with E-state index in [0.29, 0.717) is 13.0 Å². The van der Waals surface area contributed by atoms with Gasteiger partial charge in [0.15, 0.2) is 0 Å². The molecular formula is C14H15NO4. The van der Waals surface area contributed by atoms with E-state index in [1.807, 2.05) is 24.3 Å². The van der Waals surface area contributed by atoms with Crippen LogP contribution < -0.4 is 10.1 Å². The van der Waals surface area contributed by atoms with Crippen LogP contribution >= 0.6 is 0 Å². The van der Waals surface area contributed by atoms with Crippen LogP contribution in [0.2, 0.25) is 0 Å². The first-order valence-corrected chi connectivity index (χ1v) is 6.40. The zero-order chi connectivity index (χ0) is 13.4. The topological polar surface area (TPSA) is 75.6 Å². The van der Waals surface area contributed by atoms with E-state index in [1.165, 1.54) is 0 Å². The Bertz CT molecular complexity index is 503. The molecule has 2 aliphatic rings. The summed E-state index contributed by atoms with van der Waals surface area (Å²) in [5, 5.41) is 11.5. The molecule has 1 aromatic rings. The lowest BCUT2D eigenvalue weighted by molar-refractivity contribution is -0.140. The molecule has 1 aliphatic carbocycles. The van der Waals surface area contributed by atoms with Crippen molar-refractivity contribution in [3.05, 3.63) is 29.8 Å². The van der Waals surface area contributed by atoms with Crippen LogP contribution in [0.1, 0.15) is 12.0 Å². The van der Waals surface area contributed by atoms with Crippen molar-refractivity contribution < 1.29 is 19.4 Å². The minimum absolute atomic E-state index is 0.0524. The fraction of sp³-hybridized carbons (Fsp3) is 0.429. The van der Waals surface area contributed by atoms with Gasteiger partial charge in [0.2, 0.25) is 5.91 Å². The largest absolute Gasteiger partial charge is 0.488 e. The summed E-state index contributed by atoms with van der Waals surface area (Å²) in [6.07, 6.45) is 1.18. The average Bonchev–Trinajstić information content (AvgIpc) is 3.09. The first-order valence-electron chi connectivity index (χ1n) is 6.40. The van der Waals surface area contributed by atoms with Gasteiger partial charge in [0.1, 0.15) is 11.9 Å². The Labute approximate surface area is 110 Å². The van der Waals surface area contributed by atoms with E-state index in [1.54, 1.807) is 0 Å². The lowest BCUT2D eigenvalue weighted by Crippen LogP contribution is -2.35. The van der Waals surface area contributed by atoms with Gasteiger partial charge in [0.05, 0.1) is 18.4 Å². The van der Waals surface area contributed by atoms with Gasteiger partial charge in [0, 0.05) is 6.42 Å². The van der Waals surface area contributed by atoms with E-state index in [-0.39, 0.29) is 17.9 Å². The first kappa shape index (κ1) is 12.0. The summed E-state index contributed by atoms with van der Waals surface area (Å²) in [4.78, 5) is 22.4. The van der Waals surface area contributed by atoms with Crippen molar-refractivity contribution in [2.24, 2.45) is 11.8 Å². The van der Waals surface area contributed by atoms with Crippen molar-refractivity contribution in [2.75, 3.05) is 6.54 Å². The summed E-state index contributed by atoms with van der Waals surface area (Å²) in [6, 6.07) is 7.81. The van der Waals surface area contributed by atoms with E-state index in [0.717, 1.165) is 17.7 Å². The first-order chi connectivity index (χ1) is 9.15. The molecular weight excluding hydrogens is 246 g/mol. The molecule has 0 bridgehead atoms. The third-order valence-electron chi connectivity index (χ3n) is 3.66. The second-order valence-corrected chi connectivity index (χ2v) is 5.08. The maximum atomic E-state index is 11.7. The lowest BCUT2D eigenvalue weighted by Gasteiger charge is -2.11. The van der Waals surface area contributed by atoms with Crippen molar-refractivity contribution in [3.8, 4) is 5.75 Å². The molecule has 1 saturated carbocycles. The number of hydrogen-bond acceptors (Lipinski definition) is 3. The van der Waals surface area contributed by atoms with Gasteiger partial charge in [-0.25, -0.2) is 0 Å². The van der Waals surface area contributed by atoms with Crippen LogP contribution in [0, 0.1) is 11.8 Å². The Morgan fingerprint density at radius 1 is 1.32 bits per heavy atom. The third kappa shape index (κ3) is 2.41. The number of carbonyl (C=O) groups is 2. The van der Waals surface area contributed by atoms with Crippen molar-refractivity contribution in [2.45, 2.75) is 18.9 Å². The SMILES string of the molecule is O=C(O)[C@H]1C[C@H]1C(=O)NCC1Cc2ccccc2O1. The molecule has 5 nitrogen and oxygen atoms in total. The standard InChI is InChI=1S/C14H15NO4/c16-13(10-6-11(10)14(17)18)15-7-9-5-8-3-1-2-4-12(8)19-9/h1-4,9-11H,5-7H2,(H,15,16)(H,17,18)/t9?,10-,11+/m1/s1. The molecule has 1 aromatic carbocycles. The minimum Gasteiger partial charge on any atom is -0.488 e. The number of ether oxygens (including phenoxy) is 1. The van der Waals surface area contributed by atoms with Crippen molar-refractivity contribution >= 4 is 11.9 Å². The van der Waals surface area contributed by atoms with E-state index >= 15 is 0 Å². The molecule has 0 radical (unpaired) electrons. The zero-order valence-electron chi connectivity index (χ0n) is 10.3. The normalized spacial score (nSPS) is 27.3. The van der Waals surface area contributed by atoms with Gasteiger partial charge in [-0.05, 0) is 18.1 Å². The number of aliphatic carboxylic acids is 1. The van der Waals surface area contributed by atoms with Gasteiger partial charge >= 0.3 is 5.97 Å². The molecule has 3 rings (SSSR count). The molecule has 1 heterocycles. The molecule has 0 spiro atoms. The van der Waals surface area contributed by atoms with Gasteiger partial charge in [-0.15, -0.1) is 0 Å². The van der Waals surface area contributed by atoms with Crippen LogP contribution in [0.25, 0.3) is 0 Å². The van der Waals surface area contributed by atoms with Gasteiger partial charge < -0.3 is 15.2 Å². The van der Waals surface area contributed by atoms with Gasteiger partial charge in [0.25, 0.3) is 0 Å². The number of rotatable bonds is 4. The highest BCUT2D eigenvalue weighted by Gasteiger charge is 2.48. The van der Waals surface area contributed by atoms with Crippen LogP contribution in [-0.4, -0.2) is 29.6 Å². The average molecular weight is 261 g/mol. The second kappa shape index (κ2) is 4.57. The molecule has 2 N–H and O–H groups in total. The van der Waals surface area contributed by atoms with Crippen LogP contribution in [-0.2, 0) is 16.0 Å². The zero-order valence-corrected chi connectivity index (χ0v) is 10.3. The molecule has 3 atom stereocenters. The number of para-hydroxylation sites is 1. The predicted octanol–water partition coefficient (Wildman–Crippen LogP) is 0.827. The fourth-order valence-corrected chi connectivity index (χ4v) is 2.47. The number of fused-ring (bicyclic) bond motifs is 1. The van der Waals surface area contributed by atoms with Crippen LogP contribution in [0.4, 0.5) is 0 Å². The fourth-order valence-electron chi connectivity index (χ4n) is 2.47. The number of amides is 1. The Balaban J connectivity index is 1.47. The Morgan fingerprint density at radius 3 is 2.79 bits per heavy atom. The molecule has 1 fully saturated rings. The highest BCUT2D eigenvalue weighted by atomic mass is 16.5. The molecule has 19 heavy (non-hydrogen) atoms. The molecule has 0 saturated heterocycles. The molecule has 1 unspecified atom stereocenters. The number of nitrogens with one attached hydrogen (secondary N) is 1. The molecule has 100 valence electrons. The Kier molecular flexibility index (Phi) is 2.89. The summed E-state index contributed by atoms with van der Waals surface area (Å²) < 4.78 is 5.70. The van der Waals surface area contributed by atoms with E-state index in [2.05, 4.69) is 5.32 Å². The van der Waals surface area contributed by atoms with Gasteiger partial charge in [-0.3, -0.25) is 9.59 Å². The van der Waals surface area contributed by atoms with Crippen LogP contribution in [0.5, 0.6) is 5.75 Å². The maximum Gasteiger partial charge on any atom is 0.307 e. The monoisotopic (exact) mass is 261 g/mol. The molecule has 1 amide bonds.